The van der Waals surface area contributed by atoms with Gasteiger partial charge in [0.1, 0.15) is 0 Å². The molecule has 1 aliphatic rings. The van der Waals surface area contributed by atoms with Crippen LogP contribution >= 0.6 is 0 Å². The largest absolute Gasteiger partial charge is 0.0839 e. The zero-order valence-electron chi connectivity index (χ0n) is 15.8. The Balaban J connectivity index is 2.55. The molecule has 0 aliphatic heterocycles. The lowest BCUT2D eigenvalue weighted by molar-refractivity contribution is 0.943. The maximum atomic E-state index is 2.34. The molecular formula is C24H30. The van der Waals surface area contributed by atoms with Gasteiger partial charge in [-0.25, -0.2) is 0 Å². The van der Waals surface area contributed by atoms with E-state index in [1.165, 1.54) is 39.8 Å². The van der Waals surface area contributed by atoms with Gasteiger partial charge in [-0.15, -0.1) is 0 Å². The Hall–Kier alpha value is -2.08. The number of rotatable bonds is 5. The first-order valence-corrected chi connectivity index (χ1v) is 9.08. The number of aryl methyl sites for hydroxylation is 2. The summed E-state index contributed by atoms with van der Waals surface area (Å²) in [5.74, 6) is 0.486. The topological polar surface area (TPSA) is 0 Å². The fraction of sp³-hybridized carbons (Fsp3) is 0.333. The van der Waals surface area contributed by atoms with Gasteiger partial charge in [0.15, 0.2) is 0 Å². The summed E-state index contributed by atoms with van der Waals surface area (Å²) in [5, 5.41) is 0. The van der Waals surface area contributed by atoms with Crippen LogP contribution in [0.1, 0.15) is 55.9 Å². The van der Waals surface area contributed by atoms with E-state index in [1.54, 1.807) is 0 Å². The normalized spacial score (nSPS) is 18.1. The molecule has 2 rings (SSSR count). The molecule has 0 saturated heterocycles. The Morgan fingerprint density at radius 1 is 1.12 bits per heavy atom. The zero-order valence-corrected chi connectivity index (χ0v) is 15.8. The highest BCUT2D eigenvalue weighted by molar-refractivity contribution is 5.88. The van der Waals surface area contributed by atoms with Crippen molar-refractivity contribution < 1.29 is 0 Å². The summed E-state index contributed by atoms with van der Waals surface area (Å²) in [5.41, 5.74) is 7.93. The number of hydrogen-bond donors (Lipinski definition) is 0. The molecule has 24 heavy (non-hydrogen) atoms. The Kier molecular flexibility index (Phi) is 6.61. The quantitative estimate of drug-likeness (QED) is 0.503. The summed E-state index contributed by atoms with van der Waals surface area (Å²) in [6.45, 7) is 11.0. The summed E-state index contributed by atoms with van der Waals surface area (Å²) in [7, 11) is 0. The second kappa shape index (κ2) is 8.68. The zero-order chi connectivity index (χ0) is 17.5. The van der Waals surface area contributed by atoms with Crippen molar-refractivity contribution in [3.8, 4) is 0 Å². The van der Waals surface area contributed by atoms with Crippen molar-refractivity contribution in [3.63, 3.8) is 0 Å². The second-order valence-electron chi connectivity index (χ2n) is 6.64. The van der Waals surface area contributed by atoms with Crippen LogP contribution in [0.4, 0.5) is 0 Å². The lowest BCUT2D eigenvalue weighted by Crippen LogP contribution is -1.95. The van der Waals surface area contributed by atoms with E-state index in [0.717, 1.165) is 6.42 Å². The summed E-state index contributed by atoms with van der Waals surface area (Å²) >= 11 is 0. The van der Waals surface area contributed by atoms with Crippen LogP contribution in [0.5, 0.6) is 0 Å². The number of hydrogen-bond acceptors (Lipinski definition) is 0. The highest BCUT2D eigenvalue weighted by Gasteiger charge is 2.11. The fourth-order valence-corrected chi connectivity index (χ4v) is 2.90. The molecule has 0 heteroatoms. The smallest absolute Gasteiger partial charge is 0.00754 e. The van der Waals surface area contributed by atoms with Crippen LogP contribution in [0.3, 0.4) is 0 Å². The van der Waals surface area contributed by atoms with Gasteiger partial charge in [0.05, 0.1) is 0 Å². The third kappa shape index (κ3) is 4.47. The van der Waals surface area contributed by atoms with Gasteiger partial charge in [0.25, 0.3) is 0 Å². The van der Waals surface area contributed by atoms with Gasteiger partial charge in [0.2, 0.25) is 0 Å². The predicted octanol–water partition coefficient (Wildman–Crippen LogP) is 7.21. The van der Waals surface area contributed by atoms with E-state index in [2.05, 4.69) is 95.4 Å². The molecule has 1 aromatic rings. The first-order chi connectivity index (χ1) is 11.6. The van der Waals surface area contributed by atoms with Gasteiger partial charge in [0, 0.05) is 0 Å². The first kappa shape index (κ1) is 18.3. The fourth-order valence-electron chi connectivity index (χ4n) is 2.90. The third-order valence-electron chi connectivity index (χ3n) is 4.59. The van der Waals surface area contributed by atoms with Crippen LogP contribution in [0.2, 0.25) is 0 Å². The van der Waals surface area contributed by atoms with Crippen molar-refractivity contribution in [1.29, 1.82) is 0 Å². The minimum absolute atomic E-state index is 0.486. The van der Waals surface area contributed by atoms with Gasteiger partial charge in [-0.05, 0) is 66.5 Å². The molecule has 1 aromatic carbocycles. The number of unbranched alkanes of at least 4 members (excludes halogenated alkanes) is 1. The Labute approximate surface area is 148 Å². The van der Waals surface area contributed by atoms with Gasteiger partial charge < -0.3 is 0 Å². The molecule has 0 N–H and O–H groups in total. The predicted molar refractivity (Wildman–Crippen MR) is 109 cm³/mol. The summed E-state index contributed by atoms with van der Waals surface area (Å²) in [4.78, 5) is 0. The van der Waals surface area contributed by atoms with E-state index < -0.39 is 0 Å². The van der Waals surface area contributed by atoms with E-state index in [0.29, 0.717) is 5.92 Å². The Bertz CT molecular complexity index is 721. The average molecular weight is 319 g/mol. The molecule has 0 saturated carbocycles. The van der Waals surface area contributed by atoms with Gasteiger partial charge >= 0.3 is 0 Å². The van der Waals surface area contributed by atoms with E-state index >= 15 is 0 Å². The molecule has 0 amide bonds. The maximum Gasteiger partial charge on any atom is -0.00754 e. The first-order valence-electron chi connectivity index (χ1n) is 9.08. The lowest BCUT2D eigenvalue weighted by atomic mass is 9.89. The second-order valence-corrected chi connectivity index (χ2v) is 6.64. The summed E-state index contributed by atoms with van der Waals surface area (Å²) < 4.78 is 0. The molecule has 0 spiro atoms. The van der Waals surface area contributed by atoms with Crippen LogP contribution in [-0.4, -0.2) is 0 Å². The number of benzene rings is 1. The number of allylic oxidation sites excluding steroid dienone is 10. The molecule has 0 radical (unpaired) electrons. The highest BCUT2D eigenvalue weighted by Crippen LogP contribution is 2.31. The monoisotopic (exact) mass is 318 g/mol. The van der Waals surface area contributed by atoms with E-state index in [4.69, 9.17) is 0 Å². The molecule has 126 valence electrons. The summed E-state index contributed by atoms with van der Waals surface area (Å²) in [6.07, 6.45) is 20.3. The van der Waals surface area contributed by atoms with Crippen LogP contribution in [-0.2, 0) is 0 Å². The molecule has 0 nitrogen and oxygen atoms in total. The Morgan fingerprint density at radius 3 is 2.58 bits per heavy atom. The molecule has 0 aromatic heterocycles. The minimum Gasteiger partial charge on any atom is -0.0839 e. The molecular weight excluding hydrogens is 288 g/mol. The van der Waals surface area contributed by atoms with Crippen molar-refractivity contribution in [2.75, 3.05) is 0 Å². The average Bonchev–Trinajstić information content (AvgIpc) is 2.79. The van der Waals surface area contributed by atoms with Crippen molar-refractivity contribution in [3.05, 3.63) is 83.0 Å². The van der Waals surface area contributed by atoms with Crippen molar-refractivity contribution in [2.24, 2.45) is 5.92 Å². The molecule has 0 fully saturated rings. The van der Waals surface area contributed by atoms with Crippen LogP contribution in [0.25, 0.3) is 11.1 Å². The van der Waals surface area contributed by atoms with Crippen molar-refractivity contribution in [2.45, 2.75) is 47.5 Å². The van der Waals surface area contributed by atoms with Crippen LogP contribution in [0, 0.1) is 19.8 Å². The van der Waals surface area contributed by atoms with E-state index in [1.807, 2.05) is 0 Å². The molecule has 0 bridgehead atoms. The van der Waals surface area contributed by atoms with Gasteiger partial charge in [-0.2, -0.15) is 0 Å². The van der Waals surface area contributed by atoms with E-state index in [-0.39, 0.29) is 0 Å². The van der Waals surface area contributed by atoms with Crippen molar-refractivity contribution >= 4 is 11.1 Å². The molecule has 1 aliphatic carbocycles. The van der Waals surface area contributed by atoms with Gasteiger partial charge in [-0.3, -0.25) is 0 Å². The summed E-state index contributed by atoms with van der Waals surface area (Å²) in [6, 6.07) is 4.67. The van der Waals surface area contributed by atoms with Crippen LogP contribution < -0.4 is 0 Å². The molecule has 1 atom stereocenters. The van der Waals surface area contributed by atoms with Gasteiger partial charge in [-0.1, -0.05) is 81.0 Å². The van der Waals surface area contributed by atoms with E-state index in [9.17, 15) is 0 Å². The van der Waals surface area contributed by atoms with Crippen molar-refractivity contribution in [1.82, 2.24) is 0 Å². The lowest BCUT2D eigenvalue weighted by Gasteiger charge is -2.15. The maximum absolute atomic E-state index is 2.34. The minimum atomic E-state index is 0.486. The standard InChI is InChI=1S/C24H30/c1-6-8-9-12-21(7-2)23-16-19(4)20(5)17-24(23)22-13-10-11-18(3)14-15-22/h7,9-18H,6,8H2,1-5H3/b12-9-,21-7+. The third-order valence-corrected chi connectivity index (χ3v) is 4.59. The molecule has 0 heterocycles. The highest BCUT2D eigenvalue weighted by atomic mass is 14.2. The van der Waals surface area contributed by atoms with Crippen LogP contribution in [0.15, 0.2) is 60.7 Å². The SMILES string of the molecule is C/C=C(\C=C/CCC)c1cc(C)c(C)cc1C1=CC=CC(C)C=C1. The Morgan fingerprint density at radius 2 is 1.88 bits per heavy atom. The molecule has 1 unspecified atom stereocenters.